The third-order valence-electron chi connectivity index (χ3n) is 4.05. The Bertz CT molecular complexity index is 671. The zero-order valence-corrected chi connectivity index (χ0v) is 17.0. The summed E-state index contributed by atoms with van der Waals surface area (Å²) in [5.41, 5.74) is 15.9. The fourth-order valence-electron chi connectivity index (χ4n) is 2.38. The minimum Gasteiger partial charge on any atom is -0.481 e. The van der Waals surface area contributed by atoms with Gasteiger partial charge in [0, 0.05) is 6.42 Å². The molecule has 4 amide bonds. The molecule has 11 N–H and O–H groups in total. The molecule has 3 unspecified atom stereocenters. The van der Waals surface area contributed by atoms with Gasteiger partial charge in [-0.2, -0.15) is 0 Å². The molecular weight excluding hydrogens is 416 g/mol. The van der Waals surface area contributed by atoms with Crippen LogP contribution in [0.15, 0.2) is 0 Å². The summed E-state index contributed by atoms with van der Waals surface area (Å²) in [6.45, 7) is -0.195. The van der Waals surface area contributed by atoms with Crippen LogP contribution in [0.25, 0.3) is 0 Å². The molecule has 0 bridgehead atoms. The van der Waals surface area contributed by atoms with Crippen molar-refractivity contribution in [2.24, 2.45) is 17.2 Å². The minimum absolute atomic E-state index is 0.00689. The molecule has 0 radical (unpaired) electrons. The first-order valence-electron chi connectivity index (χ1n) is 9.53. The molecule has 31 heavy (non-hydrogen) atoms. The summed E-state index contributed by atoms with van der Waals surface area (Å²) >= 11 is 0. The number of rotatable bonds is 16. The van der Waals surface area contributed by atoms with Crippen LogP contribution in [0.3, 0.4) is 0 Å². The van der Waals surface area contributed by atoms with E-state index in [0.29, 0.717) is 19.4 Å². The molecule has 176 valence electrons. The normalized spacial score (nSPS) is 13.4. The second kappa shape index (κ2) is 14.7. The van der Waals surface area contributed by atoms with Crippen LogP contribution in [0.2, 0.25) is 0 Å². The van der Waals surface area contributed by atoms with E-state index in [4.69, 9.17) is 27.4 Å². The van der Waals surface area contributed by atoms with Crippen molar-refractivity contribution >= 4 is 35.6 Å². The molecule has 0 aromatic heterocycles. The van der Waals surface area contributed by atoms with Crippen molar-refractivity contribution in [3.63, 3.8) is 0 Å². The number of carboxylic acid groups (broad SMARTS) is 2. The number of primary amides is 1. The molecule has 3 atom stereocenters. The van der Waals surface area contributed by atoms with Crippen LogP contribution in [0.1, 0.15) is 38.5 Å². The molecule has 0 rings (SSSR count). The van der Waals surface area contributed by atoms with Gasteiger partial charge in [0.2, 0.25) is 23.6 Å². The smallest absolute Gasteiger partial charge is 0.326 e. The summed E-state index contributed by atoms with van der Waals surface area (Å²) in [5.74, 6) is -5.94. The quantitative estimate of drug-likeness (QED) is 0.108. The van der Waals surface area contributed by atoms with Crippen molar-refractivity contribution in [3.8, 4) is 0 Å². The van der Waals surface area contributed by atoms with Crippen LogP contribution >= 0.6 is 0 Å². The lowest BCUT2D eigenvalue weighted by Crippen LogP contribution is -2.54. The van der Waals surface area contributed by atoms with Gasteiger partial charge in [0.05, 0.1) is 19.0 Å². The van der Waals surface area contributed by atoms with Gasteiger partial charge >= 0.3 is 11.9 Å². The number of nitrogens with one attached hydrogen (secondary N) is 3. The molecular formula is C17H30N6O8. The van der Waals surface area contributed by atoms with E-state index >= 15 is 0 Å². The number of carboxylic acids is 2. The predicted octanol–water partition coefficient (Wildman–Crippen LogP) is -3.65. The summed E-state index contributed by atoms with van der Waals surface area (Å²) in [4.78, 5) is 69.0. The molecule has 0 aromatic rings. The van der Waals surface area contributed by atoms with Gasteiger partial charge < -0.3 is 43.4 Å². The lowest BCUT2D eigenvalue weighted by Gasteiger charge is -2.21. The molecule has 0 spiro atoms. The fraction of sp³-hybridized carbons (Fsp3) is 0.647. The van der Waals surface area contributed by atoms with Crippen molar-refractivity contribution in [1.82, 2.24) is 16.0 Å². The van der Waals surface area contributed by atoms with Crippen LogP contribution in [0.4, 0.5) is 0 Å². The molecule has 0 aliphatic carbocycles. The van der Waals surface area contributed by atoms with Crippen molar-refractivity contribution in [2.75, 3.05) is 13.1 Å². The number of amides is 4. The average Bonchev–Trinajstić information content (AvgIpc) is 2.68. The van der Waals surface area contributed by atoms with E-state index in [2.05, 4.69) is 16.0 Å². The highest BCUT2D eigenvalue weighted by Crippen LogP contribution is 2.03. The highest BCUT2D eigenvalue weighted by atomic mass is 16.4. The number of unbranched alkanes of at least 4 members (excludes halogenated alkanes) is 1. The lowest BCUT2D eigenvalue weighted by atomic mass is 10.1. The van der Waals surface area contributed by atoms with Gasteiger partial charge in [0.25, 0.3) is 0 Å². The van der Waals surface area contributed by atoms with E-state index in [0.717, 1.165) is 0 Å². The summed E-state index contributed by atoms with van der Waals surface area (Å²) in [6.07, 6.45) is 0.112. The third-order valence-corrected chi connectivity index (χ3v) is 4.05. The van der Waals surface area contributed by atoms with Gasteiger partial charge in [0.15, 0.2) is 0 Å². The molecule has 14 heteroatoms. The van der Waals surface area contributed by atoms with Crippen molar-refractivity contribution < 1.29 is 39.0 Å². The zero-order valence-electron chi connectivity index (χ0n) is 17.0. The minimum atomic E-state index is -1.68. The largest absolute Gasteiger partial charge is 0.481 e. The van der Waals surface area contributed by atoms with E-state index in [1.165, 1.54) is 0 Å². The van der Waals surface area contributed by atoms with E-state index < -0.39 is 66.7 Å². The number of aliphatic carboxylic acids is 2. The SMILES string of the molecule is NCCCCC(NC(=O)CNC(=O)C(N)CCC(N)=O)C(=O)NC(CC(=O)O)C(=O)O. The highest BCUT2D eigenvalue weighted by Gasteiger charge is 2.28. The summed E-state index contributed by atoms with van der Waals surface area (Å²) in [7, 11) is 0. The molecule has 0 saturated carbocycles. The molecule has 0 aliphatic heterocycles. The number of carbonyl (C=O) groups is 6. The number of hydrogen-bond donors (Lipinski definition) is 8. The Hall–Kier alpha value is -3.26. The topological polar surface area (TPSA) is 257 Å². The maximum atomic E-state index is 12.4. The van der Waals surface area contributed by atoms with E-state index in [-0.39, 0.29) is 19.3 Å². The Morgan fingerprint density at radius 3 is 2.03 bits per heavy atom. The molecule has 0 fully saturated rings. The summed E-state index contributed by atoms with van der Waals surface area (Å²) < 4.78 is 0. The maximum absolute atomic E-state index is 12.4. The number of hydrogen-bond acceptors (Lipinski definition) is 8. The number of carbonyl (C=O) groups excluding carboxylic acids is 4. The summed E-state index contributed by atoms with van der Waals surface area (Å²) in [6, 6.07) is -3.91. The van der Waals surface area contributed by atoms with Gasteiger partial charge in [-0.1, -0.05) is 0 Å². The Labute approximate surface area is 178 Å². The third kappa shape index (κ3) is 12.8. The van der Waals surface area contributed by atoms with Crippen molar-refractivity contribution in [2.45, 2.75) is 56.7 Å². The Morgan fingerprint density at radius 1 is 0.871 bits per heavy atom. The van der Waals surface area contributed by atoms with E-state index in [9.17, 15) is 28.8 Å². The van der Waals surface area contributed by atoms with Gasteiger partial charge in [-0.15, -0.1) is 0 Å². The molecule has 0 aromatic carbocycles. The second-order valence-electron chi connectivity index (χ2n) is 6.73. The van der Waals surface area contributed by atoms with E-state index in [1.54, 1.807) is 0 Å². The lowest BCUT2D eigenvalue weighted by molar-refractivity contribution is -0.147. The van der Waals surface area contributed by atoms with Crippen LogP contribution < -0.4 is 33.2 Å². The van der Waals surface area contributed by atoms with Crippen LogP contribution in [-0.2, 0) is 28.8 Å². The van der Waals surface area contributed by atoms with Gasteiger partial charge in [-0.25, -0.2) is 4.79 Å². The van der Waals surface area contributed by atoms with Gasteiger partial charge in [-0.3, -0.25) is 24.0 Å². The maximum Gasteiger partial charge on any atom is 0.326 e. The van der Waals surface area contributed by atoms with Gasteiger partial charge in [0.1, 0.15) is 12.1 Å². The molecule has 0 heterocycles. The Balaban J connectivity index is 4.89. The Kier molecular flexibility index (Phi) is 13.1. The van der Waals surface area contributed by atoms with Crippen molar-refractivity contribution in [3.05, 3.63) is 0 Å². The van der Waals surface area contributed by atoms with Crippen LogP contribution in [0.5, 0.6) is 0 Å². The van der Waals surface area contributed by atoms with Crippen LogP contribution in [0, 0.1) is 0 Å². The molecule has 14 nitrogen and oxygen atoms in total. The summed E-state index contributed by atoms with van der Waals surface area (Å²) in [5, 5.41) is 24.5. The average molecular weight is 446 g/mol. The predicted molar refractivity (Wildman–Crippen MR) is 106 cm³/mol. The fourth-order valence-corrected chi connectivity index (χ4v) is 2.38. The monoisotopic (exact) mass is 446 g/mol. The second-order valence-corrected chi connectivity index (χ2v) is 6.73. The van der Waals surface area contributed by atoms with E-state index in [1.807, 2.05) is 0 Å². The van der Waals surface area contributed by atoms with Crippen LogP contribution in [-0.4, -0.2) is 77.0 Å². The molecule has 0 saturated heterocycles. The Morgan fingerprint density at radius 2 is 1.52 bits per heavy atom. The number of nitrogens with two attached hydrogens (primary N) is 3. The van der Waals surface area contributed by atoms with Crippen molar-refractivity contribution in [1.29, 1.82) is 0 Å². The first-order valence-corrected chi connectivity index (χ1v) is 9.53. The highest BCUT2D eigenvalue weighted by molar-refractivity contribution is 5.93. The van der Waals surface area contributed by atoms with Gasteiger partial charge in [-0.05, 0) is 32.2 Å². The molecule has 0 aliphatic rings. The standard InChI is InChI=1S/C17H30N6O8/c18-6-2-1-3-10(16(29)23-11(17(30)31)7-14(26)27)22-13(25)8-21-15(28)9(19)4-5-12(20)24/h9-11H,1-8,18-19H2,(H2,20,24)(H,21,28)(H,22,25)(H,23,29)(H,26,27)(H,30,31). The zero-order chi connectivity index (χ0) is 24.0. The first kappa shape index (κ1) is 27.7. The first-order chi connectivity index (χ1) is 14.5.